The van der Waals surface area contributed by atoms with Gasteiger partial charge in [-0.3, -0.25) is 0 Å². The first kappa shape index (κ1) is 17.2. The maximum absolute atomic E-state index is 13.2. The summed E-state index contributed by atoms with van der Waals surface area (Å²) in [5.41, 5.74) is 1.07. The van der Waals surface area contributed by atoms with Crippen molar-refractivity contribution >= 4 is 10.0 Å². The summed E-state index contributed by atoms with van der Waals surface area (Å²) in [6, 6.07) is 7.37. The van der Waals surface area contributed by atoms with Crippen molar-refractivity contribution in [2.24, 2.45) is 0 Å². The smallest absolute Gasteiger partial charge is 0.207 e. The Morgan fingerprint density at radius 2 is 1.86 bits per heavy atom. The third-order valence-electron chi connectivity index (χ3n) is 4.45. The number of sulfonamides is 1. The van der Waals surface area contributed by atoms with Crippen LogP contribution in [0.4, 0.5) is 0 Å². The summed E-state index contributed by atoms with van der Waals surface area (Å²) in [4.78, 5) is 0.412. The minimum Gasteiger partial charge on any atom is -0.207 e. The molecule has 4 heteroatoms. The Labute approximate surface area is 135 Å². The Kier molecular flexibility index (Phi) is 5.81. The number of piperidine rings is 1. The Morgan fingerprint density at radius 3 is 2.45 bits per heavy atom. The van der Waals surface area contributed by atoms with E-state index in [0.717, 1.165) is 44.1 Å². The first-order valence-electron chi connectivity index (χ1n) is 8.21. The number of aryl methyl sites for hydroxylation is 1. The van der Waals surface area contributed by atoms with E-state index in [1.165, 1.54) is 0 Å². The highest BCUT2D eigenvalue weighted by Crippen LogP contribution is 2.33. The van der Waals surface area contributed by atoms with Gasteiger partial charge in [0, 0.05) is 12.1 Å². The van der Waals surface area contributed by atoms with E-state index in [9.17, 15) is 8.42 Å². The Bertz CT molecular complexity index is 590. The van der Waals surface area contributed by atoms with E-state index in [-0.39, 0.29) is 12.1 Å². The van der Waals surface area contributed by atoms with Crippen LogP contribution >= 0.6 is 0 Å². The van der Waals surface area contributed by atoms with E-state index in [1.807, 2.05) is 25.1 Å². The van der Waals surface area contributed by atoms with Gasteiger partial charge in [-0.25, -0.2) is 8.42 Å². The maximum atomic E-state index is 13.2. The summed E-state index contributed by atoms with van der Waals surface area (Å²) in [5, 5.41) is 0. The molecule has 122 valence electrons. The van der Waals surface area contributed by atoms with Crippen LogP contribution in [0, 0.1) is 6.92 Å². The first-order valence-corrected chi connectivity index (χ1v) is 9.65. The van der Waals surface area contributed by atoms with Gasteiger partial charge in [-0.15, -0.1) is 6.58 Å². The van der Waals surface area contributed by atoms with Crippen molar-refractivity contribution < 1.29 is 8.42 Å². The Balaban J connectivity index is 2.40. The number of benzene rings is 1. The second kappa shape index (κ2) is 7.42. The zero-order valence-corrected chi connectivity index (χ0v) is 14.5. The lowest BCUT2D eigenvalue weighted by Gasteiger charge is -2.41. The predicted molar refractivity (Wildman–Crippen MR) is 91.4 cm³/mol. The summed E-state index contributed by atoms with van der Waals surface area (Å²) in [6.07, 6.45) is 7.50. The molecule has 1 aliphatic heterocycles. The minimum atomic E-state index is -3.44. The van der Waals surface area contributed by atoms with Crippen molar-refractivity contribution in [1.82, 2.24) is 4.31 Å². The third-order valence-corrected chi connectivity index (χ3v) is 6.47. The normalized spacial score (nSPS) is 23.4. The first-order chi connectivity index (χ1) is 10.5. The lowest BCUT2D eigenvalue weighted by Crippen LogP contribution is -2.49. The molecule has 1 saturated heterocycles. The zero-order chi connectivity index (χ0) is 16.2. The molecule has 0 N–H and O–H groups in total. The highest BCUT2D eigenvalue weighted by atomic mass is 32.2. The largest absolute Gasteiger partial charge is 0.243 e. The molecular formula is C18H27NO2S. The van der Waals surface area contributed by atoms with Crippen LogP contribution in [-0.4, -0.2) is 24.8 Å². The van der Waals surface area contributed by atoms with Crippen LogP contribution in [0.3, 0.4) is 0 Å². The molecule has 0 spiro atoms. The molecule has 1 aromatic carbocycles. The van der Waals surface area contributed by atoms with Crippen molar-refractivity contribution in [2.45, 2.75) is 69.4 Å². The molecule has 1 aliphatic rings. The molecule has 3 nitrogen and oxygen atoms in total. The Morgan fingerprint density at radius 1 is 1.23 bits per heavy atom. The van der Waals surface area contributed by atoms with Gasteiger partial charge in [0.1, 0.15) is 0 Å². The molecule has 2 rings (SSSR count). The molecule has 0 amide bonds. The van der Waals surface area contributed by atoms with Crippen LogP contribution in [0.5, 0.6) is 0 Å². The van der Waals surface area contributed by atoms with Crippen LogP contribution in [0.15, 0.2) is 41.8 Å². The van der Waals surface area contributed by atoms with Crippen molar-refractivity contribution in [1.29, 1.82) is 0 Å². The number of rotatable bonds is 6. The summed E-state index contributed by atoms with van der Waals surface area (Å²) in [5.74, 6) is 0. The van der Waals surface area contributed by atoms with Crippen LogP contribution < -0.4 is 0 Å². The molecule has 0 saturated carbocycles. The van der Waals surface area contributed by atoms with E-state index < -0.39 is 10.0 Å². The molecule has 22 heavy (non-hydrogen) atoms. The van der Waals surface area contributed by atoms with Crippen LogP contribution in [0.25, 0.3) is 0 Å². The predicted octanol–water partition coefficient (Wildman–Crippen LogP) is 4.28. The van der Waals surface area contributed by atoms with Crippen molar-refractivity contribution in [3.05, 3.63) is 42.5 Å². The van der Waals surface area contributed by atoms with Gasteiger partial charge in [0.15, 0.2) is 0 Å². The molecule has 1 fully saturated rings. The lowest BCUT2D eigenvalue weighted by molar-refractivity contribution is 0.171. The summed E-state index contributed by atoms with van der Waals surface area (Å²) in [6.45, 7) is 7.89. The number of hydrogen-bond acceptors (Lipinski definition) is 2. The van der Waals surface area contributed by atoms with Gasteiger partial charge in [-0.1, -0.05) is 43.5 Å². The van der Waals surface area contributed by atoms with Crippen molar-refractivity contribution in [2.75, 3.05) is 0 Å². The molecule has 0 aliphatic carbocycles. The van der Waals surface area contributed by atoms with Crippen molar-refractivity contribution in [3.8, 4) is 0 Å². The third kappa shape index (κ3) is 3.61. The van der Waals surface area contributed by atoms with Gasteiger partial charge in [-0.05, 0) is 44.7 Å². The highest BCUT2D eigenvalue weighted by Gasteiger charge is 2.38. The molecule has 2 atom stereocenters. The van der Waals surface area contributed by atoms with E-state index >= 15 is 0 Å². The van der Waals surface area contributed by atoms with E-state index in [1.54, 1.807) is 16.4 Å². The molecule has 0 aromatic heterocycles. The maximum Gasteiger partial charge on any atom is 0.243 e. The van der Waals surface area contributed by atoms with Crippen LogP contribution in [0.1, 0.15) is 51.0 Å². The lowest BCUT2D eigenvalue weighted by atomic mass is 9.94. The highest BCUT2D eigenvalue weighted by molar-refractivity contribution is 7.89. The molecule has 2 unspecified atom stereocenters. The Hall–Kier alpha value is -1.13. The topological polar surface area (TPSA) is 37.4 Å². The molecule has 0 bridgehead atoms. The van der Waals surface area contributed by atoms with Crippen molar-refractivity contribution in [3.63, 3.8) is 0 Å². The van der Waals surface area contributed by atoms with E-state index in [0.29, 0.717) is 4.90 Å². The van der Waals surface area contributed by atoms with E-state index in [2.05, 4.69) is 13.5 Å². The SMILES string of the molecule is C=CCC1CCCC(CCC)N1S(=O)(=O)c1ccc(C)cc1. The quantitative estimate of drug-likeness (QED) is 0.733. The summed E-state index contributed by atoms with van der Waals surface area (Å²) < 4.78 is 28.1. The average molecular weight is 321 g/mol. The van der Waals surface area contributed by atoms with Gasteiger partial charge < -0.3 is 0 Å². The van der Waals surface area contributed by atoms with Crippen LogP contribution in [0.2, 0.25) is 0 Å². The number of nitrogens with zero attached hydrogens (tertiary/aromatic N) is 1. The van der Waals surface area contributed by atoms with Gasteiger partial charge >= 0.3 is 0 Å². The molecule has 1 aromatic rings. The fourth-order valence-electron chi connectivity index (χ4n) is 3.39. The second-order valence-electron chi connectivity index (χ2n) is 6.20. The fourth-order valence-corrected chi connectivity index (χ4v) is 5.30. The minimum absolute atomic E-state index is 0.0501. The zero-order valence-electron chi connectivity index (χ0n) is 13.7. The fraction of sp³-hybridized carbons (Fsp3) is 0.556. The van der Waals surface area contributed by atoms with Crippen LogP contribution in [-0.2, 0) is 10.0 Å². The van der Waals surface area contributed by atoms with Gasteiger partial charge in [0.05, 0.1) is 4.90 Å². The van der Waals surface area contributed by atoms with Gasteiger partial charge in [0.25, 0.3) is 0 Å². The summed E-state index contributed by atoms with van der Waals surface area (Å²) >= 11 is 0. The molecule has 1 heterocycles. The van der Waals surface area contributed by atoms with Gasteiger partial charge in [0.2, 0.25) is 10.0 Å². The molecule has 0 radical (unpaired) electrons. The molecular weight excluding hydrogens is 294 g/mol. The number of hydrogen-bond donors (Lipinski definition) is 0. The average Bonchev–Trinajstić information content (AvgIpc) is 2.48. The van der Waals surface area contributed by atoms with E-state index in [4.69, 9.17) is 0 Å². The standard InChI is InChI=1S/C18H27NO2S/c1-4-7-16-9-6-10-17(8-5-2)19(16)22(20,21)18-13-11-15(3)12-14-18/h4,11-14,16-17H,1,5-10H2,2-3H3. The monoisotopic (exact) mass is 321 g/mol. The second-order valence-corrected chi connectivity index (χ2v) is 8.04. The summed E-state index contributed by atoms with van der Waals surface area (Å²) in [7, 11) is -3.44. The van der Waals surface area contributed by atoms with Gasteiger partial charge in [-0.2, -0.15) is 4.31 Å².